The van der Waals surface area contributed by atoms with Crippen molar-refractivity contribution in [3.05, 3.63) is 28.8 Å². The van der Waals surface area contributed by atoms with Gasteiger partial charge in [0.1, 0.15) is 5.75 Å². The van der Waals surface area contributed by atoms with E-state index >= 15 is 0 Å². The first kappa shape index (κ1) is 17.8. The molecular formula is C17H22ClN3O4. The molecule has 0 bridgehead atoms. The van der Waals surface area contributed by atoms with Crippen molar-refractivity contribution in [1.29, 1.82) is 0 Å². The van der Waals surface area contributed by atoms with E-state index in [1.54, 1.807) is 6.07 Å². The molecule has 2 fully saturated rings. The molecule has 0 unspecified atom stereocenters. The van der Waals surface area contributed by atoms with Crippen molar-refractivity contribution >= 4 is 23.5 Å². The van der Waals surface area contributed by atoms with Crippen LogP contribution in [0.1, 0.15) is 23.2 Å². The summed E-state index contributed by atoms with van der Waals surface area (Å²) in [4.78, 5) is 28.4. The molecule has 2 heterocycles. The van der Waals surface area contributed by atoms with Gasteiger partial charge in [-0.3, -0.25) is 4.79 Å². The molecule has 0 radical (unpaired) electrons. The molecule has 3 amide bonds. The summed E-state index contributed by atoms with van der Waals surface area (Å²) in [6.07, 6.45) is 1.38. The van der Waals surface area contributed by atoms with Crippen LogP contribution in [0, 0.1) is 0 Å². The first-order chi connectivity index (χ1) is 12.0. The molecule has 2 aliphatic heterocycles. The average Bonchev–Trinajstić information content (AvgIpc) is 2.62. The number of carbonyl (C=O) groups excluding carboxylic acids is 2. The van der Waals surface area contributed by atoms with E-state index in [9.17, 15) is 14.7 Å². The number of carbonyl (C=O) groups is 2. The third kappa shape index (κ3) is 4.35. The van der Waals surface area contributed by atoms with Gasteiger partial charge in [-0.25, -0.2) is 4.79 Å². The van der Waals surface area contributed by atoms with Crippen LogP contribution in [0.5, 0.6) is 5.75 Å². The maximum absolute atomic E-state index is 12.4. The minimum Gasteiger partial charge on any atom is -0.507 e. The number of benzene rings is 1. The smallest absolute Gasteiger partial charge is 0.320 e. The molecule has 1 aromatic carbocycles. The molecule has 0 aromatic heterocycles. The number of nitrogens with one attached hydrogen (secondary N) is 1. The van der Waals surface area contributed by atoms with Crippen LogP contribution in [-0.4, -0.2) is 72.3 Å². The Balaban J connectivity index is 1.50. The van der Waals surface area contributed by atoms with Crippen molar-refractivity contribution in [3.63, 3.8) is 0 Å². The highest BCUT2D eigenvalue weighted by Gasteiger charge is 2.28. The Morgan fingerprint density at radius 1 is 1.12 bits per heavy atom. The second-order valence-corrected chi connectivity index (χ2v) is 6.71. The molecule has 136 valence electrons. The predicted octanol–water partition coefficient (Wildman–Crippen LogP) is 1.69. The number of morpholine rings is 1. The van der Waals surface area contributed by atoms with E-state index in [-0.39, 0.29) is 29.3 Å². The highest BCUT2D eigenvalue weighted by atomic mass is 35.5. The zero-order valence-electron chi connectivity index (χ0n) is 13.9. The van der Waals surface area contributed by atoms with Gasteiger partial charge >= 0.3 is 6.03 Å². The highest BCUT2D eigenvalue weighted by Crippen LogP contribution is 2.22. The van der Waals surface area contributed by atoms with Gasteiger partial charge in [0.2, 0.25) is 0 Å². The van der Waals surface area contributed by atoms with E-state index in [0.717, 1.165) is 0 Å². The van der Waals surface area contributed by atoms with Crippen molar-refractivity contribution in [2.75, 3.05) is 39.4 Å². The predicted molar refractivity (Wildman–Crippen MR) is 93.0 cm³/mol. The Kier molecular flexibility index (Phi) is 5.65. The first-order valence-electron chi connectivity index (χ1n) is 8.45. The summed E-state index contributed by atoms with van der Waals surface area (Å²) in [5.41, 5.74) is 0.205. The zero-order valence-corrected chi connectivity index (χ0v) is 14.7. The molecule has 1 aromatic rings. The lowest BCUT2D eigenvalue weighted by Crippen LogP contribution is -2.52. The number of phenolic OH excluding ortho intramolecular Hbond substituents is 1. The van der Waals surface area contributed by atoms with Crippen molar-refractivity contribution in [1.82, 2.24) is 15.1 Å². The van der Waals surface area contributed by atoms with E-state index in [1.807, 2.05) is 9.80 Å². The number of amides is 3. The quantitative estimate of drug-likeness (QED) is 0.833. The number of aromatic hydroxyl groups is 1. The monoisotopic (exact) mass is 367 g/mol. The van der Waals surface area contributed by atoms with Gasteiger partial charge in [-0.1, -0.05) is 11.6 Å². The van der Waals surface area contributed by atoms with Gasteiger partial charge in [0.25, 0.3) is 5.91 Å². The van der Waals surface area contributed by atoms with Crippen molar-refractivity contribution in [2.45, 2.75) is 18.9 Å². The number of piperidine rings is 1. The number of hydrogen-bond acceptors (Lipinski definition) is 4. The number of hydrogen-bond donors (Lipinski definition) is 2. The summed E-state index contributed by atoms with van der Waals surface area (Å²) >= 11 is 5.78. The van der Waals surface area contributed by atoms with Crippen LogP contribution in [-0.2, 0) is 4.74 Å². The molecule has 2 saturated heterocycles. The van der Waals surface area contributed by atoms with Crippen LogP contribution >= 0.6 is 11.6 Å². The molecule has 0 spiro atoms. The SMILES string of the molecule is O=C(NC1CCN(C(=O)N2CCOCC2)CC1)c1ccc(Cl)cc1O. The lowest BCUT2D eigenvalue weighted by Gasteiger charge is -2.37. The largest absolute Gasteiger partial charge is 0.507 e. The minimum absolute atomic E-state index is 0.0173. The number of likely N-dealkylation sites (tertiary alicyclic amines) is 1. The van der Waals surface area contributed by atoms with Gasteiger partial charge in [-0.15, -0.1) is 0 Å². The summed E-state index contributed by atoms with van der Waals surface area (Å²) in [6.45, 7) is 3.64. The molecule has 0 saturated carbocycles. The summed E-state index contributed by atoms with van der Waals surface area (Å²) < 4.78 is 5.27. The average molecular weight is 368 g/mol. The fourth-order valence-corrected chi connectivity index (χ4v) is 3.30. The molecule has 0 atom stereocenters. The van der Waals surface area contributed by atoms with Crippen molar-refractivity contribution in [3.8, 4) is 5.75 Å². The number of ether oxygens (including phenoxy) is 1. The molecule has 0 aliphatic carbocycles. The van der Waals surface area contributed by atoms with E-state index < -0.39 is 0 Å². The summed E-state index contributed by atoms with van der Waals surface area (Å²) in [5, 5.41) is 13.1. The Labute approximate surface area is 151 Å². The number of urea groups is 1. The van der Waals surface area contributed by atoms with Crippen LogP contribution in [0.4, 0.5) is 4.79 Å². The van der Waals surface area contributed by atoms with Gasteiger partial charge in [-0.2, -0.15) is 0 Å². The Morgan fingerprint density at radius 3 is 2.40 bits per heavy atom. The van der Waals surface area contributed by atoms with Gasteiger partial charge in [0.15, 0.2) is 0 Å². The van der Waals surface area contributed by atoms with Crippen LogP contribution in [0.2, 0.25) is 5.02 Å². The van der Waals surface area contributed by atoms with Crippen molar-refractivity contribution in [2.24, 2.45) is 0 Å². The van der Waals surface area contributed by atoms with E-state index in [1.165, 1.54) is 12.1 Å². The van der Waals surface area contributed by atoms with Gasteiger partial charge in [0.05, 0.1) is 18.8 Å². The fraction of sp³-hybridized carbons (Fsp3) is 0.529. The first-order valence-corrected chi connectivity index (χ1v) is 8.83. The summed E-state index contributed by atoms with van der Waals surface area (Å²) in [6, 6.07) is 4.45. The normalized spacial score (nSPS) is 18.9. The Hall–Kier alpha value is -1.99. The topological polar surface area (TPSA) is 82.1 Å². The molecule has 2 aliphatic rings. The Morgan fingerprint density at radius 2 is 1.76 bits per heavy atom. The fourth-order valence-electron chi connectivity index (χ4n) is 3.13. The Bertz CT molecular complexity index is 641. The number of nitrogens with zero attached hydrogens (tertiary/aromatic N) is 2. The molecule has 2 N–H and O–H groups in total. The molecular weight excluding hydrogens is 346 g/mol. The number of halogens is 1. The third-order valence-electron chi connectivity index (χ3n) is 4.59. The van der Waals surface area contributed by atoms with Crippen molar-refractivity contribution < 1.29 is 19.4 Å². The molecule has 7 nitrogen and oxygen atoms in total. The summed E-state index contributed by atoms with van der Waals surface area (Å²) in [7, 11) is 0. The zero-order chi connectivity index (χ0) is 17.8. The summed E-state index contributed by atoms with van der Waals surface area (Å²) in [5.74, 6) is -0.461. The number of rotatable bonds is 2. The maximum Gasteiger partial charge on any atom is 0.320 e. The lowest BCUT2D eigenvalue weighted by molar-refractivity contribution is 0.0407. The second-order valence-electron chi connectivity index (χ2n) is 6.28. The molecule has 8 heteroatoms. The second kappa shape index (κ2) is 7.93. The van der Waals surface area contributed by atoms with Crippen LogP contribution < -0.4 is 5.32 Å². The van der Waals surface area contributed by atoms with Crippen LogP contribution in [0.15, 0.2) is 18.2 Å². The maximum atomic E-state index is 12.4. The van der Waals surface area contributed by atoms with E-state index in [4.69, 9.17) is 16.3 Å². The molecule has 25 heavy (non-hydrogen) atoms. The number of phenols is 1. The minimum atomic E-state index is -0.327. The van der Waals surface area contributed by atoms with E-state index in [2.05, 4.69) is 5.32 Å². The standard InChI is InChI=1S/C17H22ClN3O4/c18-12-1-2-14(15(22)11-12)16(23)19-13-3-5-20(6-4-13)17(24)21-7-9-25-10-8-21/h1-2,11,13,22H,3-10H2,(H,19,23). The lowest BCUT2D eigenvalue weighted by atomic mass is 10.0. The van der Waals surface area contributed by atoms with E-state index in [0.29, 0.717) is 57.3 Å². The van der Waals surface area contributed by atoms with Gasteiger partial charge in [0, 0.05) is 37.2 Å². The van der Waals surface area contributed by atoms with Gasteiger partial charge in [-0.05, 0) is 31.0 Å². The third-order valence-corrected chi connectivity index (χ3v) is 4.82. The van der Waals surface area contributed by atoms with Gasteiger partial charge < -0.3 is 25.0 Å². The van der Waals surface area contributed by atoms with Crippen LogP contribution in [0.25, 0.3) is 0 Å². The highest BCUT2D eigenvalue weighted by molar-refractivity contribution is 6.30. The molecule has 3 rings (SSSR count). The van der Waals surface area contributed by atoms with Crippen LogP contribution in [0.3, 0.4) is 0 Å².